The van der Waals surface area contributed by atoms with Gasteiger partial charge in [-0.1, -0.05) is 60.7 Å². The molecule has 4 heteroatoms. The molecule has 4 heterocycles. The van der Waals surface area contributed by atoms with Gasteiger partial charge in [-0.2, -0.15) is 0 Å². The molecule has 0 spiro atoms. The first kappa shape index (κ1) is 20.9. The van der Waals surface area contributed by atoms with Crippen LogP contribution in [0.2, 0.25) is 0 Å². The molecule has 4 aromatic carbocycles. The number of rotatable bonds is 3. The van der Waals surface area contributed by atoms with Gasteiger partial charge < -0.3 is 4.57 Å². The van der Waals surface area contributed by atoms with Gasteiger partial charge in [0.1, 0.15) is 11.5 Å². The van der Waals surface area contributed by atoms with E-state index in [9.17, 15) is 0 Å². The third-order valence-corrected chi connectivity index (χ3v) is 7.43. The second-order valence-electron chi connectivity index (χ2n) is 9.55. The number of pyridine rings is 2. The first-order valence-electron chi connectivity index (χ1n) is 12.8. The summed E-state index contributed by atoms with van der Waals surface area (Å²) in [5.41, 5.74) is 7.95. The zero-order valence-electron chi connectivity index (χ0n) is 20.5. The molecule has 0 fully saturated rings. The molecule has 8 aromatic rings. The van der Waals surface area contributed by atoms with Crippen LogP contribution in [0.25, 0.3) is 66.4 Å². The molecular weight excluding hydrogens is 464 g/mol. The van der Waals surface area contributed by atoms with Gasteiger partial charge >= 0.3 is 0 Å². The van der Waals surface area contributed by atoms with E-state index in [-0.39, 0.29) is 0 Å². The molecule has 0 amide bonds. The Morgan fingerprint density at radius 1 is 0.421 bits per heavy atom. The summed E-state index contributed by atoms with van der Waals surface area (Å²) in [5.74, 6) is 0.868. The smallest absolute Gasteiger partial charge is 0.146 e. The van der Waals surface area contributed by atoms with E-state index in [1.54, 1.807) is 0 Å². The average molecular weight is 487 g/mol. The summed E-state index contributed by atoms with van der Waals surface area (Å²) >= 11 is 0. The van der Waals surface area contributed by atoms with Crippen molar-refractivity contribution >= 4 is 43.7 Å². The van der Waals surface area contributed by atoms with E-state index in [4.69, 9.17) is 4.98 Å². The van der Waals surface area contributed by atoms with Gasteiger partial charge in [0.25, 0.3) is 0 Å². The Labute approximate surface area is 219 Å². The van der Waals surface area contributed by atoms with Gasteiger partial charge in [0.05, 0.1) is 16.6 Å². The number of hydrogen-bond donors (Lipinski definition) is 0. The lowest BCUT2D eigenvalue weighted by Gasteiger charge is -2.09. The van der Waals surface area contributed by atoms with E-state index >= 15 is 0 Å². The van der Waals surface area contributed by atoms with Crippen LogP contribution in [-0.4, -0.2) is 19.1 Å². The summed E-state index contributed by atoms with van der Waals surface area (Å²) in [6.45, 7) is 0. The van der Waals surface area contributed by atoms with Crippen molar-refractivity contribution < 1.29 is 0 Å². The standard InChI is InChI=1S/C34H22N4/c1-2-9-25(10-3-1)37-30-13-5-4-11-26(30)27-17-15-24(22-32(27)37)23-16-18-31-29(21-23)28-12-8-20-36-34(28)38(31)33-14-6-7-19-35-33/h1-22H. The Morgan fingerprint density at radius 3 is 2.03 bits per heavy atom. The molecule has 38 heavy (non-hydrogen) atoms. The molecule has 0 N–H and O–H groups in total. The Morgan fingerprint density at radius 2 is 1.13 bits per heavy atom. The molecule has 0 saturated heterocycles. The summed E-state index contributed by atoms with van der Waals surface area (Å²) in [6.07, 6.45) is 3.67. The molecule has 0 bridgehead atoms. The number of benzene rings is 4. The maximum absolute atomic E-state index is 4.73. The summed E-state index contributed by atoms with van der Waals surface area (Å²) in [6, 6.07) is 42.9. The van der Waals surface area contributed by atoms with Crippen molar-refractivity contribution in [3.63, 3.8) is 0 Å². The third-order valence-electron chi connectivity index (χ3n) is 7.43. The molecule has 0 atom stereocenters. The number of para-hydroxylation sites is 2. The normalized spacial score (nSPS) is 11.7. The minimum Gasteiger partial charge on any atom is -0.309 e. The third kappa shape index (κ3) is 3.04. The maximum atomic E-state index is 4.73. The van der Waals surface area contributed by atoms with Crippen LogP contribution < -0.4 is 0 Å². The number of aromatic nitrogens is 4. The van der Waals surface area contributed by atoms with Crippen LogP contribution >= 0.6 is 0 Å². The Hall–Kier alpha value is -5.22. The molecule has 0 radical (unpaired) electrons. The minimum atomic E-state index is 0.868. The average Bonchev–Trinajstić information content (AvgIpc) is 3.50. The lowest BCUT2D eigenvalue weighted by molar-refractivity contribution is 1.06. The van der Waals surface area contributed by atoms with E-state index in [0.717, 1.165) is 28.1 Å². The van der Waals surface area contributed by atoms with Crippen molar-refractivity contribution in [2.75, 3.05) is 0 Å². The Bertz CT molecular complexity index is 2120. The van der Waals surface area contributed by atoms with Crippen molar-refractivity contribution in [1.82, 2.24) is 19.1 Å². The molecule has 178 valence electrons. The molecule has 4 aromatic heterocycles. The first-order chi connectivity index (χ1) is 18.9. The first-order valence-corrected chi connectivity index (χ1v) is 12.8. The summed E-state index contributed by atoms with van der Waals surface area (Å²) < 4.78 is 4.51. The van der Waals surface area contributed by atoms with E-state index < -0.39 is 0 Å². The predicted octanol–water partition coefficient (Wildman–Crippen LogP) is 8.34. The monoisotopic (exact) mass is 486 g/mol. The zero-order chi connectivity index (χ0) is 25.1. The molecule has 0 saturated carbocycles. The SMILES string of the molecule is c1ccc(-n2c3ccccc3c3ccc(-c4ccc5c(c4)c4cccnc4n5-c4ccccn4)cc32)cc1. The predicted molar refractivity (Wildman–Crippen MR) is 156 cm³/mol. The highest BCUT2D eigenvalue weighted by atomic mass is 15.1. The van der Waals surface area contributed by atoms with Gasteiger partial charge in [0.2, 0.25) is 0 Å². The molecular formula is C34H22N4. The van der Waals surface area contributed by atoms with Gasteiger partial charge in [-0.25, -0.2) is 9.97 Å². The number of fused-ring (bicyclic) bond motifs is 6. The highest BCUT2D eigenvalue weighted by molar-refractivity contribution is 6.11. The minimum absolute atomic E-state index is 0.868. The van der Waals surface area contributed by atoms with Crippen molar-refractivity contribution in [2.24, 2.45) is 0 Å². The van der Waals surface area contributed by atoms with E-state index in [0.29, 0.717) is 0 Å². The molecule has 0 aliphatic rings. The highest BCUT2D eigenvalue weighted by Gasteiger charge is 2.16. The highest BCUT2D eigenvalue weighted by Crippen LogP contribution is 2.37. The van der Waals surface area contributed by atoms with Crippen LogP contribution in [0.15, 0.2) is 134 Å². The second-order valence-corrected chi connectivity index (χ2v) is 9.55. The fourth-order valence-electron chi connectivity index (χ4n) is 5.75. The summed E-state index contributed by atoms with van der Waals surface area (Å²) in [7, 11) is 0. The lowest BCUT2D eigenvalue weighted by Crippen LogP contribution is -1.97. The molecule has 0 unspecified atom stereocenters. The Kier molecular flexibility index (Phi) is 4.49. The number of hydrogen-bond acceptors (Lipinski definition) is 2. The number of nitrogens with zero attached hydrogens (tertiary/aromatic N) is 4. The van der Waals surface area contributed by atoms with E-state index in [2.05, 4.69) is 111 Å². The van der Waals surface area contributed by atoms with Crippen molar-refractivity contribution in [1.29, 1.82) is 0 Å². The maximum Gasteiger partial charge on any atom is 0.146 e. The van der Waals surface area contributed by atoms with Crippen molar-refractivity contribution in [3.8, 4) is 22.6 Å². The fraction of sp³-hybridized carbons (Fsp3) is 0. The fourth-order valence-corrected chi connectivity index (χ4v) is 5.75. The summed E-state index contributed by atoms with van der Waals surface area (Å²) in [4.78, 5) is 9.34. The van der Waals surface area contributed by atoms with E-state index in [1.165, 1.54) is 38.3 Å². The van der Waals surface area contributed by atoms with Gasteiger partial charge in [-0.05, 0) is 71.8 Å². The van der Waals surface area contributed by atoms with Crippen molar-refractivity contribution in [2.45, 2.75) is 0 Å². The van der Waals surface area contributed by atoms with Crippen molar-refractivity contribution in [3.05, 3.63) is 134 Å². The molecule has 4 nitrogen and oxygen atoms in total. The van der Waals surface area contributed by atoms with E-state index in [1.807, 2.05) is 36.7 Å². The van der Waals surface area contributed by atoms with Gasteiger partial charge in [0, 0.05) is 39.6 Å². The quantitative estimate of drug-likeness (QED) is 0.252. The largest absolute Gasteiger partial charge is 0.309 e. The second kappa shape index (κ2) is 8.15. The van der Waals surface area contributed by atoms with Crippen LogP contribution in [0.3, 0.4) is 0 Å². The van der Waals surface area contributed by atoms with Crippen LogP contribution in [0.4, 0.5) is 0 Å². The summed E-state index contributed by atoms with van der Waals surface area (Å²) in [5, 5.41) is 4.80. The van der Waals surface area contributed by atoms with Crippen LogP contribution in [0, 0.1) is 0 Å². The van der Waals surface area contributed by atoms with Gasteiger partial charge in [0.15, 0.2) is 0 Å². The molecule has 0 aliphatic carbocycles. The van der Waals surface area contributed by atoms with Crippen LogP contribution in [0.1, 0.15) is 0 Å². The Balaban J connectivity index is 1.38. The van der Waals surface area contributed by atoms with Gasteiger partial charge in [-0.3, -0.25) is 4.57 Å². The van der Waals surface area contributed by atoms with Gasteiger partial charge in [-0.15, -0.1) is 0 Å². The topological polar surface area (TPSA) is 35.6 Å². The molecule has 0 aliphatic heterocycles. The lowest BCUT2D eigenvalue weighted by atomic mass is 10.0. The zero-order valence-corrected chi connectivity index (χ0v) is 20.5. The molecule has 8 rings (SSSR count). The van der Waals surface area contributed by atoms with Crippen LogP contribution in [-0.2, 0) is 0 Å². The van der Waals surface area contributed by atoms with Crippen LogP contribution in [0.5, 0.6) is 0 Å².